The molecule has 0 aromatic heterocycles. The molecule has 0 radical (unpaired) electrons. The van der Waals surface area contributed by atoms with Gasteiger partial charge in [0.2, 0.25) is 0 Å². The zero-order chi connectivity index (χ0) is 14.9. The van der Waals surface area contributed by atoms with Crippen molar-refractivity contribution in [1.82, 2.24) is 10.2 Å². The van der Waals surface area contributed by atoms with E-state index in [1.807, 2.05) is 0 Å². The normalized spacial score (nSPS) is 36.1. The van der Waals surface area contributed by atoms with Gasteiger partial charge in [0.15, 0.2) is 0 Å². The lowest BCUT2D eigenvalue weighted by atomic mass is 9.77. The Morgan fingerprint density at radius 2 is 1.90 bits per heavy atom. The van der Waals surface area contributed by atoms with Gasteiger partial charge in [-0.25, -0.2) is 0 Å². The van der Waals surface area contributed by atoms with Crippen LogP contribution in [-0.4, -0.2) is 42.8 Å². The van der Waals surface area contributed by atoms with E-state index in [4.69, 9.17) is 0 Å². The van der Waals surface area contributed by atoms with E-state index >= 15 is 0 Å². The third-order valence-electron chi connectivity index (χ3n) is 5.09. The van der Waals surface area contributed by atoms with Crippen molar-refractivity contribution in [2.75, 3.05) is 19.6 Å². The van der Waals surface area contributed by atoms with Gasteiger partial charge in [-0.05, 0) is 37.0 Å². The van der Waals surface area contributed by atoms with Crippen molar-refractivity contribution in [1.29, 1.82) is 0 Å². The smallest absolute Gasteiger partial charge is 0.305 e. The summed E-state index contributed by atoms with van der Waals surface area (Å²) in [5, 5.41) is 2.73. The van der Waals surface area contributed by atoms with E-state index in [1.165, 1.54) is 12.8 Å². The zero-order valence-corrected chi connectivity index (χ0v) is 12.7. The number of alkyl halides is 3. The molecular weight excluding hydrogens is 265 g/mol. The maximum absolute atomic E-state index is 12.4. The van der Waals surface area contributed by atoms with E-state index in [0.717, 1.165) is 19.5 Å². The number of likely N-dealkylation sites (tertiary alicyclic amines) is 1. The highest BCUT2D eigenvalue weighted by atomic mass is 19.4. The first-order chi connectivity index (χ1) is 9.26. The molecule has 1 aliphatic heterocycles. The highest BCUT2D eigenvalue weighted by Gasteiger charge is 2.39. The summed E-state index contributed by atoms with van der Waals surface area (Å²) in [6, 6.07) is 0.567. The van der Waals surface area contributed by atoms with Crippen molar-refractivity contribution < 1.29 is 13.2 Å². The number of nitrogens with zero attached hydrogens (tertiary/aromatic N) is 1. The molecule has 1 saturated carbocycles. The average molecular weight is 292 g/mol. The van der Waals surface area contributed by atoms with E-state index in [0.29, 0.717) is 23.8 Å². The van der Waals surface area contributed by atoms with Gasteiger partial charge in [-0.3, -0.25) is 4.90 Å². The van der Waals surface area contributed by atoms with Gasteiger partial charge in [-0.2, -0.15) is 13.2 Å². The molecule has 4 unspecified atom stereocenters. The minimum Gasteiger partial charge on any atom is -0.305 e. The van der Waals surface area contributed by atoms with Crippen LogP contribution in [0.2, 0.25) is 0 Å². The second-order valence-electron chi connectivity index (χ2n) is 7.01. The van der Waals surface area contributed by atoms with Gasteiger partial charge in [0.1, 0.15) is 0 Å². The zero-order valence-electron chi connectivity index (χ0n) is 12.7. The van der Waals surface area contributed by atoms with Gasteiger partial charge >= 0.3 is 6.18 Å². The third kappa shape index (κ3) is 4.10. The molecule has 5 heteroatoms. The van der Waals surface area contributed by atoms with E-state index in [9.17, 15) is 13.2 Å². The highest BCUT2D eigenvalue weighted by molar-refractivity contribution is 4.93. The van der Waals surface area contributed by atoms with Crippen LogP contribution >= 0.6 is 0 Å². The average Bonchev–Trinajstić information content (AvgIpc) is 2.33. The Morgan fingerprint density at radius 3 is 2.35 bits per heavy atom. The molecule has 1 aliphatic carbocycles. The molecule has 2 rings (SSSR count). The van der Waals surface area contributed by atoms with E-state index in [2.05, 4.69) is 31.0 Å². The van der Waals surface area contributed by atoms with Crippen LogP contribution in [0.5, 0.6) is 0 Å². The number of rotatable bonds is 4. The molecule has 1 saturated heterocycles. The van der Waals surface area contributed by atoms with Gasteiger partial charge in [-0.1, -0.05) is 20.8 Å². The summed E-state index contributed by atoms with van der Waals surface area (Å²) in [5.74, 6) is 1.73. The Morgan fingerprint density at radius 1 is 1.20 bits per heavy atom. The van der Waals surface area contributed by atoms with E-state index in [1.54, 1.807) is 0 Å². The quantitative estimate of drug-likeness (QED) is 0.855. The fourth-order valence-corrected chi connectivity index (χ4v) is 3.53. The number of halogens is 3. The molecule has 2 aliphatic rings. The van der Waals surface area contributed by atoms with Crippen LogP contribution in [-0.2, 0) is 0 Å². The predicted octanol–water partition coefficient (Wildman–Crippen LogP) is 3.28. The lowest BCUT2D eigenvalue weighted by Crippen LogP contribution is -2.58. The molecule has 1 heterocycles. The first kappa shape index (κ1) is 16.1. The first-order valence-corrected chi connectivity index (χ1v) is 7.80. The summed E-state index contributed by atoms with van der Waals surface area (Å²) in [4.78, 5) is 2.44. The Bertz CT molecular complexity index is 317. The molecule has 4 atom stereocenters. The Kier molecular flexibility index (Phi) is 5.00. The van der Waals surface area contributed by atoms with Crippen LogP contribution in [0.3, 0.4) is 0 Å². The van der Waals surface area contributed by atoms with E-state index in [-0.39, 0.29) is 6.04 Å². The number of hydrogen-bond donors (Lipinski definition) is 1. The second-order valence-corrected chi connectivity index (χ2v) is 7.01. The van der Waals surface area contributed by atoms with Gasteiger partial charge < -0.3 is 5.32 Å². The summed E-state index contributed by atoms with van der Waals surface area (Å²) in [6.07, 6.45) is -0.781. The molecular formula is C15H27F3N2. The minimum atomic E-state index is -4.11. The standard InChI is InChI=1S/C15H27F3N2/c1-10(2)12-6-13(19-9-15(16,17)18)8-20(7-12)14-5-4-11(14)3/h10-14,19H,4-9H2,1-3H3. The highest BCUT2D eigenvalue weighted by Crippen LogP contribution is 2.35. The number of piperidine rings is 1. The maximum Gasteiger partial charge on any atom is 0.401 e. The van der Waals surface area contributed by atoms with Crippen LogP contribution in [0.15, 0.2) is 0 Å². The van der Waals surface area contributed by atoms with Crippen molar-refractivity contribution in [2.24, 2.45) is 17.8 Å². The summed E-state index contributed by atoms with van der Waals surface area (Å²) in [7, 11) is 0. The van der Waals surface area contributed by atoms with Crippen molar-refractivity contribution in [3.05, 3.63) is 0 Å². The molecule has 20 heavy (non-hydrogen) atoms. The summed E-state index contributed by atoms with van der Waals surface area (Å²) < 4.78 is 37.2. The van der Waals surface area contributed by atoms with Gasteiger partial charge in [0.05, 0.1) is 6.54 Å². The van der Waals surface area contributed by atoms with E-state index < -0.39 is 12.7 Å². The maximum atomic E-state index is 12.4. The number of hydrogen-bond acceptors (Lipinski definition) is 2. The number of nitrogens with one attached hydrogen (secondary N) is 1. The van der Waals surface area contributed by atoms with Crippen LogP contribution < -0.4 is 5.32 Å². The monoisotopic (exact) mass is 292 g/mol. The summed E-state index contributed by atoms with van der Waals surface area (Å²) in [6.45, 7) is 7.57. The second kappa shape index (κ2) is 6.22. The Balaban J connectivity index is 1.93. The largest absolute Gasteiger partial charge is 0.401 e. The van der Waals surface area contributed by atoms with Gasteiger partial charge in [-0.15, -0.1) is 0 Å². The predicted molar refractivity (Wildman–Crippen MR) is 74.5 cm³/mol. The molecule has 1 N–H and O–H groups in total. The molecule has 0 spiro atoms. The SMILES string of the molecule is CC(C)C1CC(NCC(F)(F)F)CN(C2CCC2C)C1. The lowest BCUT2D eigenvalue weighted by Gasteiger charge is -2.49. The summed E-state index contributed by atoms with van der Waals surface area (Å²) >= 11 is 0. The van der Waals surface area contributed by atoms with Crippen LogP contribution in [0.25, 0.3) is 0 Å². The lowest BCUT2D eigenvalue weighted by molar-refractivity contribution is -0.128. The minimum absolute atomic E-state index is 0.0226. The Labute approximate surface area is 120 Å². The van der Waals surface area contributed by atoms with Crippen LogP contribution in [0.1, 0.15) is 40.0 Å². The van der Waals surface area contributed by atoms with Crippen molar-refractivity contribution in [3.63, 3.8) is 0 Å². The summed E-state index contributed by atoms with van der Waals surface area (Å²) in [5.41, 5.74) is 0. The molecule has 2 nitrogen and oxygen atoms in total. The van der Waals surface area contributed by atoms with Gasteiger partial charge in [0.25, 0.3) is 0 Å². The molecule has 0 aromatic rings. The molecule has 118 valence electrons. The molecule has 0 amide bonds. The first-order valence-electron chi connectivity index (χ1n) is 7.80. The molecule has 0 aromatic carbocycles. The van der Waals surface area contributed by atoms with Crippen LogP contribution in [0, 0.1) is 17.8 Å². The third-order valence-corrected chi connectivity index (χ3v) is 5.09. The van der Waals surface area contributed by atoms with Crippen LogP contribution in [0.4, 0.5) is 13.2 Å². The van der Waals surface area contributed by atoms with Crippen molar-refractivity contribution in [3.8, 4) is 0 Å². The van der Waals surface area contributed by atoms with Crippen molar-refractivity contribution >= 4 is 0 Å². The fraction of sp³-hybridized carbons (Fsp3) is 1.00. The topological polar surface area (TPSA) is 15.3 Å². The fourth-order valence-electron chi connectivity index (χ4n) is 3.53. The molecule has 2 fully saturated rings. The van der Waals surface area contributed by atoms with Crippen molar-refractivity contribution in [2.45, 2.75) is 58.3 Å². The Hall–Kier alpha value is -0.290. The molecule has 0 bridgehead atoms. The van der Waals surface area contributed by atoms with Gasteiger partial charge in [0, 0.05) is 25.2 Å².